The zero-order valence-corrected chi connectivity index (χ0v) is 10.7. The molecule has 1 aromatic carbocycles. The highest BCUT2D eigenvalue weighted by Gasteiger charge is 2.72. The maximum Gasteiger partial charge on any atom is 0.411 e. The van der Waals surface area contributed by atoms with Crippen LogP contribution in [0.5, 0.6) is 0 Å². The Hall–Kier alpha value is -2.33. The van der Waals surface area contributed by atoms with E-state index in [0.717, 1.165) is 18.2 Å². The predicted molar refractivity (Wildman–Crippen MR) is 61.9 cm³/mol. The average Bonchev–Trinajstić information content (AvgIpc) is 2.35. The molecule has 0 radical (unpaired) electrons. The molecule has 0 heterocycles. The number of alkyl halides is 6. The van der Waals surface area contributed by atoms with E-state index < -0.39 is 40.0 Å². The lowest BCUT2D eigenvalue weighted by Crippen LogP contribution is -2.55. The molecule has 0 spiro atoms. The van der Waals surface area contributed by atoms with Crippen LogP contribution in [0.1, 0.15) is 6.92 Å². The molecule has 0 aromatic heterocycles. The van der Waals surface area contributed by atoms with E-state index in [0.29, 0.717) is 6.07 Å². The summed E-state index contributed by atoms with van der Waals surface area (Å²) in [5.41, 5.74) is -5.80. The van der Waals surface area contributed by atoms with Gasteiger partial charge in [-0.25, -0.2) is 0 Å². The summed E-state index contributed by atoms with van der Waals surface area (Å²) in [5.74, 6) is -2.38. The second kappa shape index (κ2) is 5.46. The van der Waals surface area contributed by atoms with Crippen molar-refractivity contribution in [2.24, 2.45) is 5.41 Å². The molecule has 0 saturated carbocycles. The number of carbonyl (C=O) groups is 1. The third-order valence-electron chi connectivity index (χ3n) is 2.90. The second-order valence-electron chi connectivity index (χ2n) is 4.38. The van der Waals surface area contributed by atoms with E-state index in [1.165, 1.54) is 5.32 Å². The molecule has 0 aliphatic rings. The quantitative estimate of drug-likeness (QED) is 0.522. The number of non-ortho nitro benzene ring substituents is 1. The summed E-state index contributed by atoms with van der Waals surface area (Å²) in [7, 11) is 0. The summed E-state index contributed by atoms with van der Waals surface area (Å²) in [6.45, 7) is -0.306. The number of halogens is 6. The molecule has 22 heavy (non-hydrogen) atoms. The van der Waals surface area contributed by atoms with Crippen molar-refractivity contribution in [1.82, 2.24) is 0 Å². The van der Waals surface area contributed by atoms with E-state index in [1.54, 1.807) is 0 Å². The fourth-order valence-corrected chi connectivity index (χ4v) is 1.37. The summed E-state index contributed by atoms with van der Waals surface area (Å²) >= 11 is 0. The maximum atomic E-state index is 12.7. The Morgan fingerprint density at radius 2 is 1.64 bits per heavy atom. The van der Waals surface area contributed by atoms with E-state index in [1.807, 2.05) is 0 Å². The first kappa shape index (κ1) is 17.7. The first-order valence-electron chi connectivity index (χ1n) is 5.50. The van der Waals surface area contributed by atoms with Gasteiger partial charge in [-0.15, -0.1) is 0 Å². The topological polar surface area (TPSA) is 72.2 Å². The van der Waals surface area contributed by atoms with E-state index >= 15 is 0 Å². The van der Waals surface area contributed by atoms with E-state index in [4.69, 9.17) is 0 Å². The van der Waals surface area contributed by atoms with E-state index in [-0.39, 0.29) is 6.92 Å². The summed E-state index contributed by atoms with van der Waals surface area (Å²) < 4.78 is 76.0. The van der Waals surface area contributed by atoms with Crippen molar-refractivity contribution in [3.8, 4) is 0 Å². The summed E-state index contributed by atoms with van der Waals surface area (Å²) in [5, 5.41) is 11.9. The highest BCUT2D eigenvalue weighted by molar-refractivity contribution is 5.96. The molecule has 1 amide bonds. The Morgan fingerprint density at radius 3 is 2.05 bits per heavy atom. The Bertz CT molecular complexity index is 582. The van der Waals surface area contributed by atoms with Gasteiger partial charge in [-0.3, -0.25) is 14.9 Å². The number of hydrogen-bond acceptors (Lipinski definition) is 3. The predicted octanol–water partition coefficient (Wildman–Crippen LogP) is 3.66. The minimum atomic E-state index is -5.89. The average molecular weight is 330 g/mol. The summed E-state index contributed by atoms with van der Waals surface area (Å²) in [6.07, 6.45) is -11.8. The standard InChI is InChI=1S/C11H8F6N2O3/c1-9(10(12,13)14,11(15,16)17)8(20)18-6-3-2-4-7(5-6)19(21)22/h2-5H,1H3,(H,18,20). The molecule has 11 heteroatoms. The number of nitrogens with zero attached hydrogens (tertiary/aromatic N) is 1. The molecule has 0 aliphatic carbocycles. The molecule has 0 aliphatic heterocycles. The number of carbonyl (C=O) groups excluding carboxylic acids is 1. The number of nitrogens with one attached hydrogen (secondary N) is 1. The lowest BCUT2D eigenvalue weighted by atomic mass is 9.87. The van der Waals surface area contributed by atoms with Gasteiger partial charge in [0.05, 0.1) is 4.92 Å². The van der Waals surface area contributed by atoms with E-state index in [9.17, 15) is 41.3 Å². The van der Waals surface area contributed by atoms with Crippen LogP contribution in [-0.2, 0) is 4.79 Å². The van der Waals surface area contributed by atoms with Crippen molar-refractivity contribution in [3.63, 3.8) is 0 Å². The largest absolute Gasteiger partial charge is 0.411 e. The zero-order chi connectivity index (χ0) is 17.3. The molecule has 0 saturated heterocycles. The van der Waals surface area contributed by atoms with Crippen LogP contribution in [0.3, 0.4) is 0 Å². The minimum absolute atomic E-state index is 0.306. The Labute approximate surface area is 119 Å². The van der Waals surface area contributed by atoms with E-state index in [2.05, 4.69) is 0 Å². The Balaban J connectivity index is 3.19. The number of amides is 1. The molecule has 5 nitrogen and oxygen atoms in total. The van der Waals surface area contributed by atoms with Crippen molar-refractivity contribution in [3.05, 3.63) is 34.4 Å². The van der Waals surface area contributed by atoms with Crippen LogP contribution in [0.15, 0.2) is 24.3 Å². The Kier molecular flexibility index (Phi) is 4.40. The molecule has 122 valence electrons. The van der Waals surface area contributed by atoms with Crippen LogP contribution in [-0.4, -0.2) is 23.2 Å². The van der Waals surface area contributed by atoms with Gasteiger partial charge in [-0.1, -0.05) is 6.07 Å². The van der Waals surface area contributed by atoms with Crippen LogP contribution in [0.25, 0.3) is 0 Å². The first-order valence-corrected chi connectivity index (χ1v) is 5.50. The second-order valence-corrected chi connectivity index (χ2v) is 4.38. The molecule has 0 atom stereocenters. The van der Waals surface area contributed by atoms with Crippen molar-refractivity contribution in [2.45, 2.75) is 19.3 Å². The lowest BCUT2D eigenvalue weighted by molar-refractivity contribution is -0.384. The van der Waals surface area contributed by atoms with Gasteiger partial charge < -0.3 is 5.32 Å². The molecule has 0 bridgehead atoms. The van der Waals surface area contributed by atoms with Crippen molar-refractivity contribution in [1.29, 1.82) is 0 Å². The molecule has 1 rings (SSSR count). The van der Waals surface area contributed by atoms with Crippen molar-refractivity contribution >= 4 is 17.3 Å². The number of rotatable bonds is 3. The molecule has 1 N–H and O–H groups in total. The van der Waals surface area contributed by atoms with Gasteiger partial charge in [-0.2, -0.15) is 26.3 Å². The third kappa shape index (κ3) is 3.12. The highest BCUT2D eigenvalue weighted by Crippen LogP contribution is 2.50. The Morgan fingerprint density at radius 1 is 1.14 bits per heavy atom. The smallest absolute Gasteiger partial charge is 0.325 e. The van der Waals surface area contributed by atoms with Gasteiger partial charge in [0.25, 0.3) is 5.69 Å². The number of nitro groups is 1. The van der Waals surface area contributed by atoms with Gasteiger partial charge in [0.1, 0.15) is 0 Å². The fourth-order valence-electron chi connectivity index (χ4n) is 1.37. The molecular formula is C11H8F6N2O3. The molecule has 1 aromatic rings. The van der Waals surface area contributed by atoms with Crippen molar-refractivity contribution < 1.29 is 36.1 Å². The van der Waals surface area contributed by atoms with Crippen LogP contribution < -0.4 is 5.32 Å². The number of nitro benzene ring substituents is 1. The number of anilines is 1. The summed E-state index contributed by atoms with van der Waals surface area (Å²) in [4.78, 5) is 21.1. The van der Waals surface area contributed by atoms with Crippen LogP contribution >= 0.6 is 0 Å². The first-order chi connectivity index (χ1) is 9.80. The summed E-state index contributed by atoms with van der Waals surface area (Å²) in [6, 6.07) is 3.54. The normalized spacial score (nSPS) is 12.9. The number of hydrogen-bond donors (Lipinski definition) is 1. The van der Waals surface area contributed by atoms with Gasteiger partial charge in [0.2, 0.25) is 11.3 Å². The monoisotopic (exact) mass is 330 g/mol. The van der Waals surface area contributed by atoms with Gasteiger partial charge in [0, 0.05) is 17.8 Å². The zero-order valence-electron chi connectivity index (χ0n) is 10.7. The van der Waals surface area contributed by atoms with Crippen molar-refractivity contribution in [2.75, 3.05) is 5.32 Å². The molecule has 0 fully saturated rings. The fraction of sp³-hybridized carbons (Fsp3) is 0.364. The highest BCUT2D eigenvalue weighted by atomic mass is 19.4. The van der Waals surface area contributed by atoms with Crippen LogP contribution in [0.4, 0.5) is 37.7 Å². The maximum absolute atomic E-state index is 12.7. The van der Waals surface area contributed by atoms with Gasteiger partial charge in [-0.05, 0) is 13.0 Å². The molecular weight excluding hydrogens is 322 g/mol. The van der Waals surface area contributed by atoms with Crippen LogP contribution in [0, 0.1) is 15.5 Å². The number of benzene rings is 1. The SMILES string of the molecule is CC(C(=O)Nc1cccc([N+](=O)[O-])c1)(C(F)(F)F)C(F)(F)F. The van der Waals surface area contributed by atoms with Crippen LogP contribution in [0.2, 0.25) is 0 Å². The minimum Gasteiger partial charge on any atom is -0.325 e. The van der Waals surface area contributed by atoms with Gasteiger partial charge >= 0.3 is 12.4 Å². The molecule has 0 unspecified atom stereocenters. The lowest BCUT2D eigenvalue weighted by Gasteiger charge is -2.32. The van der Waals surface area contributed by atoms with Gasteiger partial charge in [0.15, 0.2) is 0 Å². The third-order valence-corrected chi connectivity index (χ3v) is 2.90.